The fourth-order valence-electron chi connectivity index (χ4n) is 3.85. The van der Waals surface area contributed by atoms with Crippen LogP contribution in [0.15, 0.2) is 24.3 Å². The maximum absolute atomic E-state index is 12.1. The van der Waals surface area contributed by atoms with E-state index >= 15 is 0 Å². The monoisotopic (exact) mass is 359 g/mol. The maximum atomic E-state index is 12.1. The Kier molecular flexibility index (Phi) is 6.27. The molecule has 0 aromatic heterocycles. The third-order valence-corrected chi connectivity index (χ3v) is 5.39. The topological polar surface area (TPSA) is 53.1 Å². The molecule has 0 spiro atoms. The Balaban J connectivity index is 1.45. The van der Waals surface area contributed by atoms with Gasteiger partial charge in [0.25, 0.3) is 0 Å². The van der Waals surface area contributed by atoms with E-state index in [1.54, 1.807) is 14.0 Å². The number of amides is 1. The predicted molar refractivity (Wildman–Crippen MR) is 102 cm³/mol. The lowest BCUT2D eigenvalue weighted by Gasteiger charge is -2.37. The number of benzene rings is 1. The molecule has 2 fully saturated rings. The number of hydrogen-bond donors (Lipinski definition) is 0. The van der Waals surface area contributed by atoms with Crippen LogP contribution in [0.25, 0.3) is 0 Å². The second-order valence-electron chi connectivity index (χ2n) is 7.29. The van der Waals surface area contributed by atoms with Gasteiger partial charge in [-0.2, -0.15) is 0 Å². The lowest BCUT2D eigenvalue weighted by Crippen LogP contribution is -2.48. The molecule has 0 aliphatic carbocycles. The number of ether oxygens (including phenoxy) is 1. The second-order valence-corrected chi connectivity index (χ2v) is 7.29. The summed E-state index contributed by atoms with van der Waals surface area (Å²) in [6.07, 6.45) is 0.663. The van der Waals surface area contributed by atoms with Gasteiger partial charge in [-0.05, 0) is 37.1 Å². The molecule has 1 aromatic rings. The summed E-state index contributed by atoms with van der Waals surface area (Å²) in [5, 5.41) is 0. The highest BCUT2D eigenvalue weighted by Crippen LogP contribution is 2.21. The summed E-state index contributed by atoms with van der Waals surface area (Å²) in [7, 11) is 1.67. The first-order chi connectivity index (χ1) is 12.6. The van der Waals surface area contributed by atoms with Crippen LogP contribution in [0.2, 0.25) is 0 Å². The van der Waals surface area contributed by atoms with Crippen molar-refractivity contribution in [2.45, 2.75) is 13.3 Å². The maximum Gasteiger partial charge on any atom is 0.223 e. The smallest absolute Gasteiger partial charge is 0.223 e. The molecule has 26 heavy (non-hydrogen) atoms. The van der Waals surface area contributed by atoms with Crippen molar-refractivity contribution >= 4 is 17.4 Å². The number of nitrogens with zero attached hydrogens (tertiary/aromatic N) is 3. The van der Waals surface area contributed by atoms with Crippen molar-refractivity contribution in [1.82, 2.24) is 9.80 Å². The number of likely N-dealkylation sites (tertiary alicyclic amines) is 1. The number of Topliss-reactive ketones (excluding diaryl/α,β-unsaturated/α-hetero) is 1. The average Bonchev–Trinajstić information content (AvgIpc) is 3.00. The number of hydrogen-bond acceptors (Lipinski definition) is 5. The summed E-state index contributed by atoms with van der Waals surface area (Å²) in [6, 6.07) is 7.89. The van der Waals surface area contributed by atoms with Crippen LogP contribution in [0, 0.1) is 5.92 Å². The number of piperazine rings is 1. The second kappa shape index (κ2) is 8.64. The first-order valence-corrected chi connectivity index (χ1v) is 9.42. The molecule has 1 atom stereocenters. The molecule has 6 heteroatoms. The summed E-state index contributed by atoms with van der Waals surface area (Å²) in [5.41, 5.74) is 1.94. The van der Waals surface area contributed by atoms with Crippen molar-refractivity contribution in [1.29, 1.82) is 0 Å². The molecule has 0 radical (unpaired) electrons. The Labute approximate surface area is 155 Å². The third-order valence-electron chi connectivity index (χ3n) is 5.39. The number of ketones is 1. The Bertz CT molecular complexity index is 624. The number of carbonyl (C=O) groups is 2. The molecule has 6 nitrogen and oxygen atoms in total. The van der Waals surface area contributed by atoms with Gasteiger partial charge in [0.05, 0.1) is 6.61 Å². The van der Waals surface area contributed by atoms with Crippen LogP contribution in [-0.2, 0) is 9.53 Å². The largest absolute Gasteiger partial charge is 0.383 e. The molecule has 0 bridgehead atoms. The molecule has 2 heterocycles. The highest BCUT2D eigenvalue weighted by atomic mass is 16.5. The fraction of sp³-hybridized carbons (Fsp3) is 0.600. The third kappa shape index (κ3) is 4.62. The van der Waals surface area contributed by atoms with Gasteiger partial charge in [0.15, 0.2) is 5.78 Å². The van der Waals surface area contributed by atoms with Crippen LogP contribution >= 0.6 is 0 Å². The molecule has 0 saturated carbocycles. The minimum Gasteiger partial charge on any atom is -0.383 e. The molecule has 2 saturated heterocycles. The summed E-state index contributed by atoms with van der Waals surface area (Å²) in [6.45, 7) is 8.74. The van der Waals surface area contributed by atoms with Crippen LogP contribution < -0.4 is 4.90 Å². The van der Waals surface area contributed by atoms with Gasteiger partial charge in [0, 0.05) is 70.6 Å². The first-order valence-electron chi connectivity index (χ1n) is 9.42. The normalized spacial score (nSPS) is 21.5. The number of anilines is 1. The summed E-state index contributed by atoms with van der Waals surface area (Å²) in [5.74, 6) is 0.795. The van der Waals surface area contributed by atoms with E-state index in [9.17, 15) is 9.59 Å². The van der Waals surface area contributed by atoms with Gasteiger partial charge in [0.2, 0.25) is 5.91 Å². The lowest BCUT2D eigenvalue weighted by molar-refractivity contribution is -0.128. The van der Waals surface area contributed by atoms with Gasteiger partial charge in [-0.1, -0.05) is 0 Å². The zero-order chi connectivity index (χ0) is 18.5. The van der Waals surface area contributed by atoms with Gasteiger partial charge >= 0.3 is 0 Å². The van der Waals surface area contributed by atoms with Gasteiger partial charge in [0.1, 0.15) is 0 Å². The van der Waals surface area contributed by atoms with E-state index < -0.39 is 0 Å². The van der Waals surface area contributed by atoms with E-state index in [1.165, 1.54) is 5.69 Å². The van der Waals surface area contributed by atoms with Gasteiger partial charge in [-0.3, -0.25) is 14.5 Å². The molecule has 0 N–H and O–H groups in total. The van der Waals surface area contributed by atoms with Crippen LogP contribution in [0.1, 0.15) is 23.7 Å². The molecular formula is C20H29N3O3. The average molecular weight is 359 g/mol. The molecule has 142 valence electrons. The van der Waals surface area contributed by atoms with Crippen molar-refractivity contribution in [3.63, 3.8) is 0 Å². The molecular weight excluding hydrogens is 330 g/mol. The lowest BCUT2D eigenvalue weighted by atomic mass is 10.1. The molecule has 2 aliphatic rings. The van der Waals surface area contributed by atoms with Crippen molar-refractivity contribution in [3.8, 4) is 0 Å². The van der Waals surface area contributed by atoms with Crippen LogP contribution in [0.5, 0.6) is 0 Å². The van der Waals surface area contributed by atoms with Crippen LogP contribution in [-0.4, -0.2) is 81.0 Å². The Hall–Kier alpha value is -1.92. The van der Waals surface area contributed by atoms with E-state index in [2.05, 4.69) is 9.80 Å². The van der Waals surface area contributed by atoms with E-state index in [4.69, 9.17) is 4.74 Å². The summed E-state index contributed by atoms with van der Waals surface area (Å²) < 4.78 is 5.08. The minimum atomic E-state index is 0.104. The van der Waals surface area contributed by atoms with E-state index in [0.717, 1.165) is 44.8 Å². The van der Waals surface area contributed by atoms with E-state index in [-0.39, 0.29) is 11.7 Å². The van der Waals surface area contributed by atoms with Crippen LogP contribution in [0.3, 0.4) is 0 Å². The SMILES string of the molecule is COCCN1C[C@H](CN2CCN(c3ccc(C(C)=O)cc3)CC2)CC1=O. The Morgan fingerprint density at radius 2 is 1.85 bits per heavy atom. The molecule has 1 aromatic carbocycles. The predicted octanol–water partition coefficient (Wildman–Crippen LogP) is 1.51. The van der Waals surface area contributed by atoms with Crippen molar-refractivity contribution in [2.75, 3.05) is 64.4 Å². The molecule has 2 aliphatic heterocycles. The quantitative estimate of drug-likeness (QED) is 0.691. The van der Waals surface area contributed by atoms with Crippen molar-refractivity contribution in [2.24, 2.45) is 5.92 Å². The van der Waals surface area contributed by atoms with E-state index in [1.807, 2.05) is 29.2 Å². The zero-order valence-corrected chi connectivity index (χ0v) is 15.8. The number of methoxy groups -OCH3 is 1. The fourth-order valence-corrected chi connectivity index (χ4v) is 3.85. The summed E-state index contributed by atoms with van der Waals surface area (Å²) in [4.78, 5) is 30.2. The number of carbonyl (C=O) groups excluding carboxylic acids is 2. The van der Waals surface area contributed by atoms with Gasteiger partial charge in [-0.15, -0.1) is 0 Å². The molecule has 1 amide bonds. The first kappa shape index (κ1) is 18.9. The van der Waals surface area contributed by atoms with Crippen LogP contribution in [0.4, 0.5) is 5.69 Å². The summed E-state index contributed by atoms with van der Waals surface area (Å²) >= 11 is 0. The zero-order valence-electron chi connectivity index (χ0n) is 15.8. The van der Waals surface area contributed by atoms with E-state index in [0.29, 0.717) is 25.5 Å². The van der Waals surface area contributed by atoms with Gasteiger partial charge in [-0.25, -0.2) is 0 Å². The standard InChI is InChI=1S/C20H29N3O3/c1-16(24)18-3-5-19(6-4-18)22-9-7-21(8-10-22)14-17-13-20(25)23(15-17)11-12-26-2/h3-6,17H,7-15H2,1-2H3/t17-/m0/s1. The van der Waals surface area contributed by atoms with Gasteiger partial charge < -0.3 is 14.5 Å². The Morgan fingerprint density at radius 1 is 1.15 bits per heavy atom. The minimum absolute atomic E-state index is 0.104. The van der Waals surface area contributed by atoms with Crippen molar-refractivity contribution < 1.29 is 14.3 Å². The highest BCUT2D eigenvalue weighted by Gasteiger charge is 2.31. The molecule has 3 rings (SSSR count). The van der Waals surface area contributed by atoms with Crippen molar-refractivity contribution in [3.05, 3.63) is 29.8 Å². The highest BCUT2D eigenvalue weighted by molar-refractivity contribution is 5.94. The number of rotatable bonds is 7. The Morgan fingerprint density at radius 3 is 2.46 bits per heavy atom. The molecule has 0 unspecified atom stereocenters.